The zero-order valence-corrected chi connectivity index (χ0v) is 48.3. The minimum atomic E-state index is -0.417. The summed E-state index contributed by atoms with van der Waals surface area (Å²) in [7, 11) is 0. The number of benzene rings is 2. The fourth-order valence-corrected chi connectivity index (χ4v) is 5.18. The van der Waals surface area contributed by atoms with Gasteiger partial charge in [-0.2, -0.15) is 0 Å². The molecule has 0 spiro atoms. The Labute approximate surface area is 424 Å². The van der Waals surface area contributed by atoms with Crippen LogP contribution in [0, 0.1) is 0 Å². The van der Waals surface area contributed by atoms with E-state index in [9.17, 15) is 40.9 Å². The molecule has 2 aromatic rings. The fraction of sp³-hybridized carbons (Fsp3) is 0.769. The Bertz CT molecular complexity index is 1290. The first-order valence-electron chi connectivity index (χ1n) is 22.7. The summed E-state index contributed by atoms with van der Waals surface area (Å²) >= 11 is 0. The maximum absolute atomic E-state index is 13.5. The van der Waals surface area contributed by atoms with Gasteiger partial charge in [0.2, 0.25) is 0 Å². The largest absolute Gasteiger partial charge is 4.00 e. The summed E-state index contributed by atoms with van der Waals surface area (Å²) in [6.45, 7) is 50.3. The monoisotopic (exact) mass is 971 g/mol. The Morgan fingerprint density at radius 1 is 0.375 bits per heavy atom. The second-order valence-electron chi connectivity index (χ2n) is 21.9. The molecule has 0 saturated carbocycles. The Balaban J connectivity index is -0.000000267. The first-order valence-corrected chi connectivity index (χ1v) is 22.7. The van der Waals surface area contributed by atoms with Crippen molar-refractivity contribution in [2.24, 2.45) is 0 Å². The smallest absolute Gasteiger partial charge is 0.872 e. The first kappa shape index (κ1) is 74.7. The third-order valence-electron chi connectivity index (χ3n) is 7.93. The molecule has 3 rings (SSSR count). The van der Waals surface area contributed by atoms with Crippen molar-refractivity contribution in [1.29, 1.82) is 0 Å². The molecule has 10 nitrogen and oxygen atoms in total. The van der Waals surface area contributed by atoms with Crippen molar-refractivity contribution < 1.29 is 84.3 Å². The van der Waals surface area contributed by atoms with E-state index in [2.05, 4.69) is 117 Å². The SMILES string of the molecule is CC(C)(C)c1cc(CN2CCN(Cc3cc(C(C)(C)C)cc(C(C)(C)C)c3[O-])CC2)c([O-])c(C(C)(C)C)c1.CC(C)[O-].CC(C)[O-].CC(C)[O-].CC(C)[O-].CC(C)[O-].CC(C)[O-].[Ti+4].[Ti+4]. The topological polar surface area (TPSA) is 191 Å². The van der Waals surface area contributed by atoms with Gasteiger partial charge >= 0.3 is 43.4 Å². The van der Waals surface area contributed by atoms with Crippen LogP contribution in [-0.2, 0) is 78.2 Å². The number of piperazine rings is 1. The molecule has 0 N–H and O–H groups in total. The van der Waals surface area contributed by atoms with Crippen LogP contribution in [-0.4, -0.2) is 72.6 Å². The molecular weight excluding hydrogens is 876 g/mol. The predicted octanol–water partition coefficient (Wildman–Crippen LogP) is 4.87. The zero-order chi connectivity index (χ0) is 50.3. The van der Waals surface area contributed by atoms with Crippen molar-refractivity contribution in [1.82, 2.24) is 9.80 Å². The molecule has 0 bridgehead atoms. The number of hydrogen-bond donors (Lipinski definition) is 0. The van der Waals surface area contributed by atoms with Crippen molar-refractivity contribution in [3.8, 4) is 11.5 Å². The Morgan fingerprint density at radius 3 is 0.688 bits per heavy atom. The summed E-state index contributed by atoms with van der Waals surface area (Å²) in [6, 6.07) is 8.53. The van der Waals surface area contributed by atoms with E-state index in [0.717, 1.165) is 48.4 Å². The number of rotatable bonds is 4. The molecule has 0 aliphatic carbocycles. The fourth-order valence-electron chi connectivity index (χ4n) is 5.18. The predicted molar refractivity (Wildman–Crippen MR) is 248 cm³/mol. The van der Waals surface area contributed by atoms with E-state index in [1.165, 1.54) is 11.1 Å². The second kappa shape index (κ2) is 35.3. The first-order chi connectivity index (χ1) is 27.6. The van der Waals surface area contributed by atoms with E-state index >= 15 is 0 Å². The molecule has 1 saturated heterocycles. The van der Waals surface area contributed by atoms with Crippen molar-refractivity contribution in [2.45, 2.75) is 238 Å². The summed E-state index contributed by atoms with van der Waals surface area (Å²) < 4.78 is 0. The molecule has 1 aliphatic heterocycles. The van der Waals surface area contributed by atoms with Crippen LogP contribution in [0.3, 0.4) is 0 Å². The van der Waals surface area contributed by atoms with E-state index in [1.807, 2.05) is 0 Å². The van der Waals surface area contributed by atoms with Gasteiger partial charge in [0.1, 0.15) is 0 Å². The van der Waals surface area contributed by atoms with Crippen LogP contribution in [0.25, 0.3) is 0 Å². The van der Waals surface area contributed by atoms with Crippen LogP contribution < -0.4 is 40.9 Å². The van der Waals surface area contributed by atoms with Crippen molar-refractivity contribution in [3.63, 3.8) is 0 Å². The molecule has 1 aliphatic rings. The molecule has 0 atom stereocenters. The van der Waals surface area contributed by atoms with E-state index in [1.54, 1.807) is 83.1 Å². The average Bonchev–Trinajstić information content (AvgIpc) is 3.00. The van der Waals surface area contributed by atoms with Gasteiger partial charge in [0.15, 0.2) is 0 Å². The molecular formula is C52H94N2O8Ti2. The number of nitrogens with zero attached hydrogens (tertiary/aromatic N) is 2. The van der Waals surface area contributed by atoms with Gasteiger partial charge in [-0.3, -0.25) is 9.80 Å². The van der Waals surface area contributed by atoms with Crippen LogP contribution in [0.4, 0.5) is 0 Å². The summed E-state index contributed by atoms with van der Waals surface area (Å²) in [5.74, 6) is 0.385. The third kappa shape index (κ3) is 41.3. The minimum absolute atomic E-state index is 0. The summed E-state index contributed by atoms with van der Waals surface area (Å²) in [4.78, 5) is 4.80. The maximum atomic E-state index is 13.5. The minimum Gasteiger partial charge on any atom is -0.872 e. The molecule has 64 heavy (non-hydrogen) atoms. The van der Waals surface area contributed by atoms with Gasteiger partial charge in [0.05, 0.1) is 0 Å². The van der Waals surface area contributed by atoms with Crippen LogP contribution >= 0.6 is 0 Å². The molecule has 0 aromatic heterocycles. The number of hydrogen-bond acceptors (Lipinski definition) is 10. The van der Waals surface area contributed by atoms with E-state index in [-0.39, 0.29) is 76.6 Å². The van der Waals surface area contributed by atoms with Crippen molar-refractivity contribution in [2.75, 3.05) is 26.2 Å². The van der Waals surface area contributed by atoms with E-state index in [4.69, 9.17) is 0 Å². The average molecular weight is 971 g/mol. The van der Waals surface area contributed by atoms with E-state index < -0.39 is 36.6 Å². The summed E-state index contributed by atoms with van der Waals surface area (Å²) in [5.41, 5.74) is 5.71. The standard InChI is InChI=1S/C34H54N2O2.6C3H7O.2Ti/c1-31(2,3)25-17-23(29(37)27(19-25)33(7,8)9)21-35-13-15-36(16-14-35)22-24-18-26(32(4,5)6)20-28(30(24)38)34(10,11)12;6*1-3(2)4;;/h17-20,37-38H,13-16,21-22H2,1-12H3;6*3H,1-2H3;;/q;6*-1;2*+4/p-2. The van der Waals surface area contributed by atoms with Crippen molar-refractivity contribution >= 4 is 0 Å². The van der Waals surface area contributed by atoms with Gasteiger partial charge in [-0.15, -0.1) is 48.1 Å². The molecule has 2 aromatic carbocycles. The van der Waals surface area contributed by atoms with Crippen molar-refractivity contribution in [3.05, 3.63) is 57.6 Å². The Hall–Kier alpha value is -0.851. The van der Waals surface area contributed by atoms with Crippen LogP contribution in [0.1, 0.15) is 200 Å². The normalized spacial score (nSPS) is 13.3. The van der Waals surface area contributed by atoms with Gasteiger partial charge in [-0.25, -0.2) is 0 Å². The van der Waals surface area contributed by atoms with E-state index in [0.29, 0.717) is 13.1 Å². The zero-order valence-electron chi connectivity index (χ0n) is 45.2. The van der Waals surface area contributed by atoms with Gasteiger partial charge in [-0.1, -0.05) is 190 Å². The Morgan fingerprint density at radius 2 is 0.547 bits per heavy atom. The molecule has 1 fully saturated rings. The molecule has 0 radical (unpaired) electrons. The van der Waals surface area contributed by atoms with Gasteiger partial charge in [0.25, 0.3) is 0 Å². The molecule has 1 heterocycles. The van der Waals surface area contributed by atoms with Gasteiger partial charge in [-0.05, 0) is 55.0 Å². The maximum Gasteiger partial charge on any atom is 4.00 e. The quantitative estimate of drug-likeness (QED) is 0.383. The second-order valence-corrected chi connectivity index (χ2v) is 21.9. The molecule has 0 unspecified atom stereocenters. The molecule has 12 heteroatoms. The molecule has 0 amide bonds. The van der Waals surface area contributed by atoms with Gasteiger partial charge in [0, 0.05) is 39.3 Å². The summed E-state index contributed by atoms with van der Waals surface area (Å²) in [6.07, 6.45) is -2.50. The Kier molecular flexibility index (Phi) is 41.2. The van der Waals surface area contributed by atoms with Crippen LogP contribution in [0.5, 0.6) is 11.5 Å². The summed E-state index contributed by atoms with van der Waals surface area (Å²) in [5, 5.41) is 84.1. The molecule has 368 valence electrons. The van der Waals surface area contributed by atoms with Crippen LogP contribution in [0.2, 0.25) is 0 Å². The third-order valence-corrected chi connectivity index (χ3v) is 7.93. The van der Waals surface area contributed by atoms with Gasteiger partial charge < -0.3 is 40.9 Å². The van der Waals surface area contributed by atoms with Crippen LogP contribution in [0.15, 0.2) is 24.3 Å².